The summed E-state index contributed by atoms with van der Waals surface area (Å²) in [6, 6.07) is 0. The molecule has 0 bridgehead atoms. The van der Waals surface area contributed by atoms with Gasteiger partial charge in [-0.15, -0.1) is 0 Å². The maximum absolute atomic E-state index is 12.5. The molecule has 0 saturated heterocycles. The van der Waals surface area contributed by atoms with E-state index in [9.17, 15) is 13.2 Å². The van der Waals surface area contributed by atoms with Gasteiger partial charge in [-0.3, -0.25) is 10.1 Å². The molecular weight excluding hydrogens is 245 g/mol. The summed E-state index contributed by atoms with van der Waals surface area (Å²) >= 11 is 5.66. The highest BCUT2D eigenvalue weighted by Crippen LogP contribution is 2.27. The third-order valence-electron chi connectivity index (χ3n) is 2.03. The van der Waals surface area contributed by atoms with Gasteiger partial charge in [-0.2, -0.15) is 18.3 Å². The number of nitrogens with zero attached hydrogens (tertiary/aromatic N) is 2. The lowest BCUT2D eigenvalue weighted by atomic mass is 10.1. The predicted molar refractivity (Wildman–Crippen MR) is 53.4 cm³/mol. The zero-order valence-corrected chi connectivity index (χ0v) is 9.10. The highest BCUT2D eigenvalue weighted by atomic mass is 35.5. The van der Waals surface area contributed by atoms with Crippen molar-refractivity contribution in [1.29, 1.82) is 5.41 Å². The average molecular weight is 255 g/mol. The number of hydrogen-bond acceptors (Lipinski definition) is 2. The third-order valence-corrected chi connectivity index (χ3v) is 2.40. The lowest BCUT2D eigenvalue weighted by Crippen LogP contribution is -2.38. The van der Waals surface area contributed by atoms with Gasteiger partial charge in [0.25, 0.3) is 0 Å². The normalized spacial score (nSPS) is 13.8. The lowest BCUT2D eigenvalue weighted by molar-refractivity contribution is -0.159. The SMILES string of the molecule is Cc1nn(CC(C(=N)N)C(F)(F)F)cc1Cl. The van der Waals surface area contributed by atoms with Crippen LogP contribution in [0, 0.1) is 18.3 Å². The van der Waals surface area contributed by atoms with Crippen LogP contribution >= 0.6 is 11.6 Å². The van der Waals surface area contributed by atoms with Crippen LogP contribution in [0.25, 0.3) is 0 Å². The van der Waals surface area contributed by atoms with Crippen molar-refractivity contribution in [2.45, 2.75) is 19.6 Å². The predicted octanol–water partition coefficient (Wildman–Crippen LogP) is 1.96. The lowest BCUT2D eigenvalue weighted by Gasteiger charge is -2.18. The molecule has 1 aromatic heterocycles. The van der Waals surface area contributed by atoms with Crippen LogP contribution in [-0.4, -0.2) is 21.8 Å². The molecule has 1 heterocycles. The van der Waals surface area contributed by atoms with Crippen molar-refractivity contribution in [1.82, 2.24) is 9.78 Å². The van der Waals surface area contributed by atoms with E-state index >= 15 is 0 Å². The number of aromatic nitrogens is 2. The number of alkyl halides is 3. The highest BCUT2D eigenvalue weighted by Gasteiger charge is 2.42. The first-order valence-electron chi connectivity index (χ1n) is 4.32. The number of nitrogens with one attached hydrogen (secondary N) is 1. The van der Waals surface area contributed by atoms with Gasteiger partial charge in [0.15, 0.2) is 0 Å². The van der Waals surface area contributed by atoms with E-state index in [4.69, 9.17) is 22.7 Å². The molecule has 1 unspecified atom stereocenters. The molecule has 8 heteroatoms. The quantitative estimate of drug-likeness (QED) is 0.640. The number of aryl methyl sites for hydroxylation is 1. The molecule has 0 aliphatic heterocycles. The van der Waals surface area contributed by atoms with E-state index in [2.05, 4.69) is 5.10 Å². The largest absolute Gasteiger partial charge is 0.400 e. The van der Waals surface area contributed by atoms with Gasteiger partial charge in [-0.1, -0.05) is 11.6 Å². The van der Waals surface area contributed by atoms with Gasteiger partial charge < -0.3 is 5.73 Å². The summed E-state index contributed by atoms with van der Waals surface area (Å²) in [5, 5.41) is 11.0. The smallest absolute Gasteiger partial charge is 0.387 e. The molecule has 1 rings (SSSR count). The Morgan fingerprint density at radius 2 is 2.25 bits per heavy atom. The molecule has 0 aliphatic carbocycles. The van der Waals surface area contributed by atoms with Gasteiger partial charge in [0.2, 0.25) is 0 Å². The van der Waals surface area contributed by atoms with Crippen molar-refractivity contribution in [3.05, 3.63) is 16.9 Å². The summed E-state index contributed by atoms with van der Waals surface area (Å²) in [7, 11) is 0. The molecule has 0 saturated carbocycles. The molecule has 16 heavy (non-hydrogen) atoms. The number of hydrogen-bond donors (Lipinski definition) is 2. The standard InChI is InChI=1S/C8H10ClF3N4/c1-4-6(9)3-16(15-4)2-5(7(13)14)8(10,11)12/h3,5H,2H2,1H3,(H3,13,14). The summed E-state index contributed by atoms with van der Waals surface area (Å²) in [6.07, 6.45) is -3.28. The zero-order valence-electron chi connectivity index (χ0n) is 8.35. The Labute approximate surface area is 94.7 Å². The zero-order chi connectivity index (χ0) is 12.5. The minimum atomic E-state index is -4.56. The molecule has 0 amide bonds. The Bertz CT molecular complexity index is 379. The number of amidine groups is 1. The van der Waals surface area contributed by atoms with Gasteiger partial charge in [0, 0.05) is 6.20 Å². The summed E-state index contributed by atoms with van der Waals surface area (Å²) in [4.78, 5) is 0. The number of rotatable bonds is 3. The Hall–Kier alpha value is -1.24. The van der Waals surface area contributed by atoms with Crippen molar-refractivity contribution < 1.29 is 13.2 Å². The van der Waals surface area contributed by atoms with E-state index in [0.29, 0.717) is 5.69 Å². The van der Waals surface area contributed by atoms with Crippen molar-refractivity contribution >= 4 is 17.4 Å². The Kier molecular flexibility index (Phi) is 3.47. The van der Waals surface area contributed by atoms with Gasteiger partial charge >= 0.3 is 6.18 Å². The maximum atomic E-state index is 12.5. The van der Waals surface area contributed by atoms with Crippen LogP contribution in [0.5, 0.6) is 0 Å². The molecular formula is C8H10ClF3N4. The number of nitrogens with two attached hydrogens (primary N) is 1. The van der Waals surface area contributed by atoms with E-state index in [1.165, 1.54) is 6.20 Å². The van der Waals surface area contributed by atoms with Gasteiger partial charge in [-0.25, -0.2) is 0 Å². The molecule has 0 aliphatic rings. The van der Waals surface area contributed by atoms with Crippen molar-refractivity contribution in [2.24, 2.45) is 11.7 Å². The molecule has 0 fully saturated rings. The molecule has 0 aromatic carbocycles. The van der Waals surface area contributed by atoms with Gasteiger partial charge in [0.05, 0.1) is 17.3 Å². The minimum Gasteiger partial charge on any atom is -0.387 e. The van der Waals surface area contributed by atoms with E-state index in [1.54, 1.807) is 6.92 Å². The summed E-state index contributed by atoms with van der Waals surface area (Å²) in [5.41, 5.74) is 5.34. The monoisotopic (exact) mass is 254 g/mol. The summed E-state index contributed by atoms with van der Waals surface area (Å²) in [6.45, 7) is 1.04. The fourth-order valence-electron chi connectivity index (χ4n) is 1.15. The molecule has 0 spiro atoms. The van der Waals surface area contributed by atoms with Crippen molar-refractivity contribution in [3.8, 4) is 0 Å². The Balaban J connectivity index is 2.88. The number of halogens is 4. The molecule has 90 valence electrons. The molecule has 3 N–H and O–H groups in total. The van der Waals surface area contributed by atoms with Crippen molar-refractivity contribution in [3.63, 3.8) is 0 Å². The topological polar surface area (TPSA) is 67.7 Å². The van der Waals surface area contributed by atoms with Gasteiger partial charge in [0.1, 0.15) is 11.8 Å². The second kappa shape index (κ2) is 4.32. The minimum absolute atomic E-state index is 0.282. The van der Waals surface area contributed by atoms with E-state index < -0.39 is 24.5 Å². The van der Waals surface area contributed by atoms with Crippen LogP contribution in [0.4, 0.5) is 13.2 Å². The van der Waals surface area contributed by atoms with Crippen molar-refractivity contribution in [2.75, 3.05) is 0 Å². The summed E-state index contributed by atoms with van der Waals surface area (Å²) < 4.78 is 38.4. The first-order valence-corrected chi connectivity index (χ1v) is 4.69. The first-order chi connectivity index (χ1) is 7.21. The molecule has 1 aromatic rings. The van der Waals surface area contributed by atoms with Gasteiger partial charge in [-0.05, 0) is 6.92 Å². The van der Waals surface area contributed by atoms with Crippen LogP contribution in [-0.2, 0) is 6.54 Å². The van der Waals surface area contributed by atoms with Crippen LogP contribution in [0.3, 0.4) is 0 Å². The van der Waals surface area contributed by atoms with Crippen LogP contribution in [0.1, 0.15) is 5.69 Å². The Morgan fingerprint density at radius 1 is 1.69 bits per heavy atom. The first kappa shape index (κ1) is 12.8. The van der Waals surface area contributed by atoms with E-state index in [-0.39, 0.29) is 5.02 Å². The third kappa shape index (κ3) is 2.88. The summed E-state index contributed by atoms with van der Waals surface area (Å²) in [5.74, 6) is -2.97. The van der Waals surface area contributed by atoms with Crippen LogP contribution in [0.15, 0.2) is 6.20 Å². The van der Waals surface area contributed by atoms with Crippen LogP contribution < -0.4 is 5.73 Å². The van der Waals surface area contributed by atoms with E-state index in [0.717, 1.165) is 4.68 Å². The van der Waals surface area contributed by atoms with E-state index in [1.807, 2.05) is 0 Å². The second-order valence-corrected chi connectivity index (χ2v) is 3.74. The highest BCUT2D eigenvalue weighted by molar-refractivity contribution is 6.31. The second-order valence-electron chi connectivity index (χ2n) is 3.33. The maximum Gasteiger partial charge on any atom is 0.400 e. The molecule has 1 atom stereocenters. The average Bonchev–Trinajstić information content (AvgIpc) is 2.40. The molecule has 0 radical (unpaired) electrons. The fourth-order valence-corrected chi connectivity index (χ4v) is 1.30. The molecule has 4 nitrogen and oxygen atoms in total. The Morgan fingerprint density at radius 3 is 2.56 bits per heavy atom. The van der Waals surface area contributed by atoms with Crippen LogP contribution in [0.2, 0.25) is 5.02 Å². The fraction of sp³-hybridized carbons (Fsp3) is 0.500.